The van der Waals surface area contributed by atoms with E-state index in [1.807, 2.05) is 36.2 Å². The van der Waals surface area contributed by atoms with Crippen LogP contribution in [0.1, 0.15) is 18.4 Å². The van der Waals surface area contributed by atoms with E-state index >= 15 is 0 Å². The molecule has 1 amide bonds. The van der Waals surface area contributed by atoms with Gasteiger partial charge in [-0.3, -0.25) is 4.79 Å². The van der Waals surface area contributed by atoms with Crippen molar-refractivity contribution >= 4 is 17.8 Å². The lowest BCUT2D eigenvalue weighted by Gasteiger charge is -2.22. The summed E-state index contributed by atoms with van der Waals surface area (Å²) in [7, 11) is 3.52. The molecule has 1 saturated heterocycles. The van der Waals surface area contributed by atoms with Crippen molar-refractivity contribution in [1.82, 2.24) is 9.80 Å². The highest BCUT2D eigenvalue weighted by Gasteiger charge is 2.15. The number of likely N-dealkylation sites (tertiary alicyclic amines) is 1. The SMILES string of the molecule is COc1ccccc1CC(=O)N(C)CCN1CCCC1.O=C(O)C(=O)O. The molecule has 1 aromatic rings. The Hall–Kier alpha value is -2.61. The average Bonchev–Trinajstić information content (AvgIpc) is 3.14. The summed E-state index contributed by atoms with van der Waals surface area (Å²) < 4.78 is 5.29. The smallest absolute Gasteiger partial charge is 0.414 e. The van der Waals surface area contributed by atoms with Crippen LogP contribution in [0.25, 0.3) is 0 Å². The first-order valence-corrected chi connectivity index (χ1v) is 8.39. The van der Waals surface area contributed by atoms with Gasteiger partial charge in [-0.25, -0.2) is 9.59 Å². The quantitative estimate of drug-likeness (QED) is 0.722. The van der Waals surface area contributed by atoms with Gasteiger partial charge in [-0.1, -0.05) is 18.2 Å². The molecule has 0 unspecified atom stereocenters. The number of nitrogens with zero attached hydrogens (tertiary/aromatic N) is 2. The van der Waals surface area contributed by atoms with Crippen LogP contribution in [-0.4, -0.2) is 78.2 Å². The summed E-state index contributed by atoms with van der Waals surface area (Å²) in [4.78, 5) is 34.7. The number of para-hydroxylation sites is 1. The van der Waals surface area contributed by atoms with Crippen molar-refractivity contribution in [3.05, 3.63) is 29.8 Å². The second-order valence-corrected chi connectivity index (χ2v) is 5.96. The molecule has 0 bridgehead atoms. The average molecular weight is 366 g/mol. The molecule has 2 rings (SSSR count). The number of ether oxygens (including phenoxy) is 1. The Bertz CT molecular complexity index is 601. The number of carboxylic acid groups (broad SMARTS) is 2. The van der Waals surface area contributed by atoms with Crippen molar-refractivity contribution in [2.24, 2.45) is 0 Å². The number of amides is 1. The van der Waals surface area contributed by atoms with Crippen molar-refractivity contribution in [1.29, 1.82) is 0 Å². The third kappa shape index (κ3) is 7.52. The molecule has 8 nitrogen and oxygen atoms in total. The summed E-state index contributed by atoms with van der Waals surface area (Å²) in [5.74, 6) is -2.72. The number of carbonyl (C=O) groups excluding carboxylic acids is 1. The molecule has 1 fully saturated rings. The predicted octanol–water partition coefficient (Wildman–Crippen LogP) is 0.948. The Balaban J connectivity index is 0.000000487. The van der Waals surface area contributed by atoms with Gasteiger partial charge in [-0.05, 0) is 32.0 Å². The summed E-state index contributed by atoms with van der Waals surface area (Å²) >= 11 is 0. The molecule has 0 saturated carbocycles. The zero-order valence-electron chi connectivity index (χ0n) is 15.2. The molecule has 0 spiro atoms. The number of methoxy groups -OCH3 is 1. The van der Waals surface area contributed by atoms with Crippen LogP contribution in [0, 0.1) is 0 Å². The van der Waals surface area contributed by atoms with Crippen LogP contribution in [0.5, 0.6) is 5.75 Å². The maximum atomic E-state index is 12.2. The fourth-order valence-electron chi connectivity index (χ4n) is 2.57. The fraction of sp³-hybridized carbons (Fsp3) is 0.500. The van der Waals surface area contributed by atoms with Gasteiger partial charge in [0.15, 0.2) is 0 Å². The van der Waals surface area contributed by atoms with Gasteiger partial charge in [0.1, 0.15) is 5.75 Å². The molecule has 1 aromatic carbocycles. The fourth-order valence-corrected chi connectivity index (χ4v) is 2.57. The minimum atomic E-state index is -1.82. The van der Waals surface area contributed by atoms with E-state index in [2.05, 4.69) is 4.90 Å². The summed E-state index contributed by atoms with van der Waals surface area (Å²) in [5, 5.41) is 14.8. The molecular weight excluding hydrogens is 340 g/mol. The minimum absolute atomic E-state index is 0.147. The molecular formula is C18H26N2O6. The van der Waals surface area contributed by atoms with Gasteiger partial charge in [0.2, 0.25) is 5.91 Å². The molecule has 0 aromatic heterocycles. The highest BCUT2D eigenvalue weighted by atomic mass is 16.5. The highest BCUT2D eigenvalue weighted by Crippen LogP contribution is 2.18. The Morgan fingerprint density at radius 2 is 1.69 bits per heavy atom. The molecule has 1 heterocycles. The van der Waals surface area contributed by atoms with Gasteiger partial charge in [-0.15, -0.1) is 0 Å². The van der Waals surface area contributed by atoms with Crippen LogP contribution < -0.4 is 4.74 Å². The van der Waals surface area contributed by atoms with E-state index in [4.69, 9.17) is 24.5 Å². The number of hydrogen-bond acceptors (Lipinski definition) is 5. The van der Waals surface area contributed by atoms with Gasteiger partial charge in [0.25, 0.3) is 0 Å². The van der Waals surface area contributed by atoms with Crippen LogP contribution >= 0.6 is 0 Å². The van der Waals surface area contributed by atoms with E-state index in [1.165, 1.54) is 25.9 Å². The highest BCUT2D eigenvalue weighted by molar-refractivity contribution is 6.27. The summed E-state index contributed by atoms with van der Waals surface area (Å²) in [5.41, 5.74) is 0.952. The number of aliphatic carboxylic acids is 2. The second kappa shape index (κ2) is 11.1. The van der Waals surface area contributed by atoms with Crippen LogP contribution in [0.3, 0.4) is 0 Å². The van der Waals surface area contributed by atoms with E-state index in [9.17, 15) is 4.79 Å². The molecule has 0 atom stereocenters. The van der Waals surface area contributed by atoms with Crippen molar-refractivity contribution in [2.75, 3.05) is 40.3 Å². The summed E-state index contributed by atoms with van der Waals surface area (Å²) in [6, 6.07) is 7.71. The third-order valence-corrected chi connectivity index (χ3v) is 4.09. The Morgan fingerprint density at radius 3 is 2.23 bits per heavy atom. The van der Waals surface area contributed by atoms with Crippen molar-refractivity contribution in [2.45, 2.75) is 19.3 Å². The maximum Gasteiger partial charge on any atom is 0.414 e. The zero-order valence-corrected chi connectivity index (χ0v) is 15.2. The topological polar surface area (TPSA) is 107 Å². The number of benzene rings is 1. The van der Waals surface area contributed by atoms with E-state index in [0.717, 1.165) is 24.4 Å². The van der Waals surface area contributed by atoms with Gasteiger partial charge in [0, 0.05) is 25.7 Å². The molecule has 144 valence electrons. The first-order valence-electron chi connectivity index (χ1n) is 8.39. The number of likely N-dealkylation sites (N-methyl/N-ethyl adjacent to an activating group) is 1. The van der Waals surface area contributed by atoms with Crippen LogP contribution in [0.4, 0.5) is 0 Å². The van der Waals surface area contributed by atoms with Crippen molar-refractivity contribution in [3.8, 4) is 5.75 Å². The normalized spacial score (nSPS) is 13.5. The lowest BCUT2D eigenvalue weighted by Crippen LogP contribution is -2.36. The first-order chi connectivity index (χ1) is 12.3. The lowest BCUT2D eigenvalue weighted by atomic mass is 10.1. The minimum Gasteiger partial charge on any atom is -0.496 e. The van der Waals surface area contributed by atoms with Gasteiger partial charge in [0.05, 0.1) is 13.5 Å². The molecule has 1 aliphatic heterocycles. The molecule has 26 heavy (non-hydrogen) atoms. The zero-order chi connectivity index (χ0) is 19.5. The first kappa shape index (κ1) is 21.4. The Morgan fingerprint density at radius 1 is 1.12 bits per heavy atom. The van der Waals surface area contributed by atoms with Gasteiger partial charge < -0.3 is 24.7 Å². The molecule has 2 N–H and O–H groups in total. The Kier molecular flexibility index (Phi) is 9.14. The van der Waals surface area contributed by atoms with E-state index in [-0.39, 0.29) is 5.91 Å². The van der Waals surface area contributed by atoms with Gasteiger partial charge >= 0.3 is 11.9 Å². The number of carbonyl (C=O) groups is 3. The second-order valence-electron chi connectivity index (χ2n) is 5.96. The predicted molar refractivity (Wildman–Crippen MR) is 95.3 cm³/mol. The van der Waals surface area contributed by atoms with Crippen molar-refractivity contribution < 1.29 is 29.3 Å². The largest absolute Gasteiger partial charge is 0.496 e. The third-order valence-electron chi connectivity index (χ3n) is 4.09. The van der Waals surface area contributed by atoms with E-state index in [0.29, 0.717) is 6.42 Å². The van der Waals surface area contributed by atoms with Crippen LogP contribution in [-0.2, 0) is 20.8 Å². The standard InChI is InChI=1S/C16H24N2O2.C2H2O4/c1-17(11-12-18-9-5-6-10-18)16(19)13-14-7-3-4-8-15(14)20-2;3-1(4)2(5)6/h3-4,7-8H,5-6,9-13H2,1-2H3;(H,3,4)(H,5,6). The lowest BCUT2D eigenvalue weighted by molar-refractivity contribution is -0.159. The molecule has 8 heteroatoms. The number of carboxylic acids is 2. The molecule has 0 radical (unpaired) electrons. The number of rotatable bonds is 6. The summed E-state index contributed by atoms with van der Waals surface area (Å²) in [6.07, 6.45) is 2.98. The van der Waals surface area contributed by atoms with Crippen LogP contribution in [0.15, 0.2) is 24.3 Å². The summed E-state index contributed by atoms with van der Waals surface area (Å²) in [6.45, 7) is 4.13. The molecule has 1 aliphatic rings. The van der Waals surface area contributed by atoms with Crippen LogP contribution in [0.2, 0.25) is 0 Å². The molecule has 0 aliphatic carbocycles. The van der Waals surface area contributed by atoms with E-state index in [1.54, 1.807) is 7.11 Å². The number of hydrogen-bond donors (Lipinski definition) is 2. The van der Waals surface area contributed by atoms with Gasteiger partial charge in [-0.2, -0.15) is 0 Å². The van der Waals surface area contributed by atoms with E-state index < -0.39 is 11.9 Å². The van der Waals surface area contributed by atoms with Crippen molar-refractivity contribution in [3.63, 3.8) is 0 Å². The monoisotopic (exact) mass is 366 g/mol. The Labute approximate surface area is 153 Å². The maximum absolute atomic E-state index is 12.2.